The zero-order valence-corrected chi connectivity index (χ0v) is 28.1. The van der Waals surface area contributed by atoms with Crippen LogP contribution < -0.4 is 29.1 Å². The zero-order chi connectivity index (χ0) is 32.2. The van der Waals surface area contributed by atoms with Gasteiger partial charge in [-0.05, 0) is 76.5 Å². The minimum Gasteiger partial charge on any atom is -0.496 e. The monoisotopic (exact) mass is 742 g/mol. The summed E-state index contributed by atoms with van der Waals surface area (Å²) in [6.45, 7) is 3.39. The van der Waals surface area contributed by atoms with E-state index in [1.165, 1.54) is 18.4 Å². The first-order valence-corrected chi connectivity index (χ1v) is 16.1. The largest absolute Gasteiger partial charge is 0.496 e. The lowest BCUT2D eigenvalue weighted by Gasteiger charge is -2.28. The number of rotatable bonds is 11. The molecule has 0 fully saturated rings. The molecule has 234 valence electrons. The fourth-order valence-corrected chi connectivity index (χ4v) is 7.18. The number of esters is 1. The molecule has 0 spiro atoms. The van der Waals surface area contributed by atoms with E-state index in [0.29, 0.717) is 59.0 Å². The molecule has 3 aromatic carbocycles. The molecular formula is C33H31IN2O8S. The Labute approximate surface area is 276 Å². The number of aromatic nitrogens is 1. The summed E-state index contributed by atoms with van der Waals surface area (Å²) >= 11 is 3.25. The highest BCUT2D eigenvalue weighted by Crippen LogP contribution is 2.41. The summed E-state index contributed by atoms with van der Waals surface area (Å²) in [5.74, 6) is -0.486. The minimum absolute atomic E-state index is 0.165. The first-order valence-electron chi connectivity index (χ1n) is 14.2. The van der Waals surface area contributed by atoms with Crippen molar-refractivity contribution in [2.24, 2.45) is 4.99 Å². The molecule has 1 aliphatic heterocycles. The number of thiazole rings is 1. The average molecular weight is 743 g/mol. The van der Waals surface area contributed by atoms with E-state index < -0.39 is 24.6 Å². The van der Waals surface area contributed by atoms with Crippen molar-refractivity contribution in [3.63, 3.8) is 0 Å². The molecule has 1 N–H and O–H groups in total. The molecule has 0 saturated heterocycles. The highest BCUT2D eigenvalue weighted by Gasteiger charge is 2.37. The lowest BCUT2D eigenvalue weighted by atomic mass is 9.90. The van der Waals surface area contributed by atoms with Crippen LogP contribution in [0.4, 0.5) is 0 Å². The second kappa shape index (κ2) is 13.9. The molecule has 0 unspecified atom stereocenters. The zero-order valence-electron chi connectivity index (χ0n) is 25.1. The number of carbonyl (C=O) groups is 2. The molecule has 0 saturated carbocycles. The summed E-state index contributed by atoms with van der Waals surface area (Å²) in [4.78, 5) is 44.4. The van der Waals surface area contributed by atoms with E-state index in [1.807, 2.05) is 65.9 Å². The highest BCUT2D eigenvalue weighted by molar-refractivity contribution is 14.1. The van der Waals surface area contributed by atoms with Gasteiger partial charge in [0.15, 0.2) is 22.9 Å². The minimum atomic E-state index is -1.11. The third kappa shape index (κ3) is 6.34. The number of hydrogen-bond acceptors (Lipinski definition) is 9. The van der Waals surface area contributed by atoms with Gasteiger partial charge >= 0.3 is 11.9 Å². The molecule has 12 heteroatoms. The van der Waals surface area contributed by atoms with Crippen LogP contribution in [-0.2, 0) is 14.3 Å². The predicted molar refractivity (Wildman–Crippen MR) is 179 cm³/mol. The molecule has 2 heterocycles. The van der Waals surface area contributed by atoms with Crippen LogP contribution in [0, 0.1) is 3.57 Å². The van der Waals surface area contributed by atoms with Crippen molar-refractivity contribution in [2.75, 3.05) is 27.4 Å². The molecule has 0 bridgehead atoms. The van der Waals surface area contributed by atoms with E-state index in [0.717, 1.165) is 17.2 Å². The molecule has 1 aromatic heterocycles. The van der Waals surface area contributed by atoms with Gasteiger partial charge in [-0.1, -0.05) is 55.0 Å². The lowest BCUT2D eigenvalue weighted by molar-refractivity contribution is -0.140. The van der Waals surface area contributed by atoms with Gasteiger partial charge in [-0.25, -0.2) is 14.6 Å². The van der Waals surface area contributed by atoms with Gasteiger partial charge in [-0.3, -0.25) is 9.36 Å². The van der Waals surface area contributed by atoms with Crippen LogP contribution in [-0.4, -0.2) is 49.0 Å². The van der Waals surface area contributed by atoms with Gasteiger partial charge in [0, 0.05) is 5.56 Å². The van der Waals surface area contributed by atoms with E-state index >= 15 is 0 Å². The van der Waals surface area contributed by atoms with Gasteiger partial charge in [-0.2, -0.15) is 0 Å². The van der Waals surface area contributed by atoms with Crippen LogP contribution in [0.15, 0.2) is 69.6 Å². The number of carboxylic acid groups (broad SMARTS) is 1. The maximum absolute atomic E-state index is 14.4. The van der Waals surface area contributed by atoms with Crippen molar-refractivity contribution >= 4 is 62.7 Å². The number of fused-ring (bicyclic) bond motifs is 2. The number of carbonyl (C=O) groups excluding carboxylic acids is 1. The number of allylic oxidation sites excluding steroid dienone is 1. The van der Waals surface area contributed by atoms with E-state index in [2.05, 4.69) is 0 Å². The van der Waals surface area contributed by atoms with E-state index in [4.69, 9.17) is 29.0 Å². The van der Waals surface area contributed by atoms with Gasteiger partial charge in [0.05, 0.1) is 40.2 Å². The fourth-order valence-electron chi connectivity index (χ4n) is 5.38. The van der Waals surface area contributed by atoms with Crippen molar-refractivity contribution in [2.45, 2.75) is 32.7 Å². The van der Waals surface area contributed by atoms with Crippen LogP contribution >= 0.6 is 33.9 Å². The van der Waals surface area contributed by atoms with Gasteiger partial charge < -0.3 is 24.1 Å². The Bertz CT molecular complexity index is 2010. The van der Waals surface area contributed by atoms with Crippen molar-refractivity contribution in [3.05, 3.63) is 94.2 Å². The Morgan fingerprint density at radius 2 is 1.84 bits per heavy atom. The van der Waals surface area contributed by atoms with E-state index in [1.54, 1.807) is 36.8 Å². The van der Waals surface area contributed by atoms with Crippen molar-refractivity contribution in [3.8, 4) is 17.2 Å². The number of carboxylic acids is 1. The van der Waals surface area contributed by atoms with Crippen molar-refractivity contribution < 1.29 is 33.6 Å². The van der Waals surface area contributed by atoms with Crippen LogP contribution in [0.2, 0.25) is 0 Å². The molecule has 45 heavy (non-hydrogen) atoms. The van der Waals surface area contributed by atoms with Crippen molar-refractivity contribution in [1.82, 2.24) is 4.57 Å². The van der Waals surface area contributed by atoms with Crippen LogP contribution in [0.5, 0.6) is 17.2 Å². The van der Waals surface area contributed by atoms with Crippen LogP contribution in [0.25, 0.3) is 16.8 Å². The maximum atomic E-state index is 14.4. The first kappa shape index (κ1) is 32.2. The number of benzene rings is 3. The summed E-state index contributed by atoms with van der Waals surface area (Å²) in [5, 5.41) is 10.8. The molecule has 0 radical (unpaired) electrons. The normalized spacial score (nSPS) is 14.6. The Kier molecular flexibility index (Phi) is 9.93. The smallest absolute Gasteiger partial charge is 0.341 e. The Balaban J connectivity index is 1.79. The number of halogens is 1. The number of aliphatic carboxylic acids is 1. The standard InChI is InChI=1S/C33H31IN2O8S/c1-5-9-22-28(32(40)43-6-2)29(27-20-11-8-7-10-19(20)12-13-23(27)41-3)36-31(39)25(45-33(36)35-22)16-18-14-21(34)30(24(15-18)42-4)44-17-26(37)38/h7-8,10-16,29H,5-6,9,17H2,1-4H3,(H,37,38)/b25-16-/t29-/m1/s1. The predicted octanol–water partition coefficient (Wildman–Crippen LogP) is 4.82. The number of ether oxygens (including phenoxy) is 4. The fraction of sp³-hybridized carbons (Fsp3) is 0.273. The summed E-state index contributed by atoms with van der Waals surface area (Å²) in [6, 6.07) is 14.2. The van der Waals surface area contributed by atoms with Gasteiger partial charge in [-0.15, -0.1) is 0 Å². The highest BCUT2D eigenvalue weighted by atomic mass is 127. The summed E-state index contributed by atoms with van der Waals surface area (Å²) in [5.41, 5.74) is 1.85. The first-order chi connectivity index (χ1) is 21.7. The molecule has 0 amide bonds. The molecule has 10 nitrogen and oxygen atoms in total. The second-order valence-electron chi connectivity index (χ2n) is 10.0. The third-order valence-electron chi connectivity index (χ3n) is 7.21. The number of methoxy groups -OCH3 is 2. The third-order valence-corrected chi connectivity index (χ3v) is 8.99. The van der Waals surface area contributed by atoms with E-state index in [9.17, 15) is 14.4 Å². The topological polar surface area (TPSA) is 126 Å². The quantitative estimate of drug-likeness (QED) is 0.172. The number of hydrogen-bond donors (Lipinski definition) is 1. The lowest BCUT2D eigenvalue weighted by Crippen LogP contribution is -2.40. The van der Waals surface area contributed by atoms with Crippen LogP contribution in [0.1, 0.15) is 43.9 Å². The van der Waals surface area contributed by atoms with Gasteiger partial charge in [0.25, 0.3) is 5.56 Å². The second-order valence-corrected chi connectivity index (χ2v) is 12.2. The molecule has 0 aliphatic carbocycles. The number of nitrogens with zero attached hydrogens (tertiary/aromatic N) is 2. The summed E-state index contributed by atoms with van der Waals surface area (Å²) in [6.07, 6.45) is 2.96. The maximum Gasteiger partial charge on any atom is 0.341 e. The Hall–Kier alpha value is -4.17. The molecule has 1 aliphatic rings. The summed E-state index contributed by atoms with van der Waals surface area (Å²) in [7, 11) is 3.03. The van der Waals surface area contributed by atoms with Gasteiger partial charge in [0.2, 0.25) is 0 Å². The summed E-state index contributed by atoms with van der Waals surface area (Å²) < 4.78 is 24.9. The van der Waals surface area contributed by atoms with Crippen molar-refractivity contribution in [1.29, 1.82) is 0 Å². The SMILES string of the molecule is CCCC1=C(C(=O)OCC)[C@@H](c2c(OC)ccc3ccccc23)n2c(s/c(=C\c3cc(I)c(OCC(=O)O)c(OC)c3)c2=O)=N1. The molecular weight excluding hydrogens is 711 g/mol. The molecule has 4 aromatic rings. The van der Waals surface area contributed by atoms with Crippen LogP contribution in [0.3, 0.4) is 0 Å². The van der Waals surface area contributed by atoms with Gasteiger partial charge in [0.1, 0.15) is 11.8 Å². The Morgan fingerprint density at radius 3 is 2.53 bits per heavy atom. The molecule has 5 rings (SSSR count). The Morgan fingerprint density at radius 1 is 1.09 bits per heavy atom. The average Bonchev–Trinajstić information content (AvgIpc) is 3.33. The van der Waals surface area contributed by atoms with E-state index in [-0.39, 0.29) is 12.2 Å². The molecule has 1 atom stereocenters.